The predicted octanol–water partition coefficient (Wildman–Crippen LogP) is 3.54. The van der Waals surface area contributed by atoms with Crippen LogP contribution in [0.1, 0.15) is 17.7 Å². The molecule has 3 fully saturated rings. The summed E-state index contributed by atoms with van der Waals surface area (Å²) < 4.78 is 8.91. The first-order valence-electron chi connectivity index (χ1n) is 13.0. The Hall–Kier alpha value is -4.75. The second-order valence-electron chi connectivity index (χ2n) is 10.2. The minimum atomic E-state index is 0.485. The van der Waals surface area contributed by atoms with Gasteiger partial charge in [-0.15, -0.1) is 0 Å². The van der Waals surface area contributed by atoms with Gasteiger partial charge < -0.3 is 9.64 Å². The third-order valence-corrected chi connectivity index (χ3v) is 7.87. The Morgan fingerprint density at radius 2 is 1.85 bits per heavy atom. The van der Waals surface area contributed by atoms with E-state index < -0.39 is 0 Å². The zero-order valence-corrected chi connectivity index (χ0v) is 21.8. The molecule has 194 valence electrons. The fourth-order valence-electron chi connectivity index (χ4n) is 5.87. The van der Waals surface area contributed by atoms with Crippen molar-refractivity contribution in [1.82, 2.24) is 34.3 Å². The van der Waals surface area contributed by atoms with Crippen molar-refractivity contribution in [2.24, 2.45) is 7.05 Å². The Kier molecular flexibility index (Phi) is 5.52. The van der Waals surface area contributed by atoms with Gasteiger partial charge in [0.1, 0.15) is 17.6 Å². The summed E-state index contributed by atoms with van der Waals surface area (Å²) in [7, 11) is 3.58. The maximum absolute atomic E-state index is 9.72. The molecule has 8 heterocycles. The number of methoxy groups -OCH3 is 1. The Bertz CT molecular complexity index is 1700. The van der Waals surface area contributed by atoms with Gasteiger partial charge in [0.2, 0.25) is 0 Å². The van der Waals surface area contributed by atoms with Gasteiger partial charge in [0.05, 0.1) is 36.3 Å². The van der Waals surface area contributed by atoms with E-state index in [9.17, 15) is 5.26 Å². The number of aromatic nitrogens is 6. The van der Waals surface area contributed by atoms with Crippen molar-refractivity contribution >= 4 is 11.3 Å². The third kappa shape index (κ3) is 4.08. The molecule has 0 aliphatic carbocycles. The number of pyridine rings is 3. The van der Waals surface area contributed by atoms with Crippen molar-refractivity contribution in [2.75, 3.05) is 25.1 Å². The summed E-state index contributed by atoms with van der Waals surface area (Å²) in [4.78, 5) is 14.3. The highest BCUT2D eigenvalue weighted by Crippen LogP contribution is 2.37. The number of ether oxygens (including phenoxy) is 1. The minimum absolute atomic E-state index is 0.485. The van der Waals surface area contributed by atoms with Crippen molar-refractivity contribution in [1.29, 1.82) is 5.26 Å². The molecule has 3 saturated heterocycles. The van der Waals surface area contributed by atoms with E-state index in [2.05, 4.69) is 49.2 Å². The molecule has 0 spiro atoms. The highest BCUT2D eigenvalue weighted by atomic mass is 16.5. The average molecular weight is 518 g/mol. The molecular formula is C29H27N9O. The highest BCUT2D eigenvalue weighted by molar-refractivity contribution is 5.87. The summed E-state index contributed by atoms with van der Waals surface area (Å²) in [5.74, 6) is 1.82. The number of fused-ring (bicyclic) bond motifs is 3. The minimum Gasteiger partial charge on any atom is -0.497 e. The van der Waals surface area contributed by atoms with Crippen LogP contribution >= 0.6 is 0 Å². The first-order valence-corrected chi connectivity index (χ1v) is 13.0. The fourth-order valence-corrected chi connectivity index (χ4v) is 5.87. The molecule has 0 amide bonds. The van der Waals surface area contributed by atoms with Gasteiger partial charge in [0, 0.05) is 91.9 Å². The van der Waals surface area contributed by atoms with Crippen molar-refractivity contribution < 1.29 is 4.74 Å². The number of hydrogen-bond donors (Lipinski definition) is 0. The van der Waals surface area contributed by atoms with E-state index in [1.807, 2.05) is 50.2 Å². The molecule has 0 saturated carbocycles. The van der Waals surface area contributed by atoms with Crippen LogP contribution in [-0.4, -0.2) is 66.5 Å². The van der Waals surface area contributed by atoms with E-state index in [1.165, 1.54) is 6.42 Å². The van der Waals surface area contributed by atoms with Crippen LogP contribution in [-0.2, 0) is 13.6 Å². The van der Waals surface area contributed by atoms with E-state index >= 15 is 0 Å². The predicted molar refractivity (Wildman–Crippen MR) is 146 cm³/mol. The summed E-state index contributed by atoms with van der Waals surface area (Å²) in [5, 5.41) is 18.5. The van der Waals surface area contributed by atoms with Crippen LogP contribution in [0, 0.1) is 11.3 Å². The second-order valence-corrected chi connectivity index (χ2v) is 10.2. The Labute approximate surface area is 225 Å². The molecule has 5 aromatic rings. The summed E-state index contributed by atoms with van der Waals surface area (Å²) in [5.41, 5.74) is 6.18. The molecule has 0 aromatic carbocycles. The van der Waals surface area contributed by atoms with Crippen molar-refractivity contribution in [2.45, 2.75) is 25.0 Å². The number of piperazine rings is 1. The summed E-state index contributed by atoms with van der Waals surface area (Å²) in [6.07, 6.45) is 12.3. The Morgan fingerprint density at radius 1 is 0.974 bits per heavy atom. The maximum atomic E-state index is 9.72. The summed E-state index contributed by atoms with van der Waals surface area (Å²) >= 11 is 0. The van der Waals surface area contributed by atoms with Gasteiger partial charge in [-0.2, -0.15) is 15.5 Å². The topological polar surface area (TPSA) is 100 Å². The number of rotatable bonds is 6. The molecular weight excluding hydrogens is 490 g/mol. The number of anilines is 1. The van der Waals surface area contributed by atoms with Gasteiger partial charge in [0.15, 0.2) is 0 Å². The number of hydrogen-bond acceptors (Lipinski definition) is 8. The molecule has 0 N–H and O–H groups in total. The van der Waals surface area contributed by atoms with Gasteiger partial charge >= 0.3 is 0 Å². The molecule has 3 aliphatic rings. The van der Waals surface area contributed by atoms with E-state index in [4.69, 9.17) is 9.72 Å². The number of aryl methyl sites for hydroxylation is 1. The largest absolute Gasteiger partial charge is 0.497 e. The van der Waals surface area contributed by atoms with Gasteiger partial charge in [-0.3, -0.25) is 14.6 Å². The molecule has 8 rings (SSSR count). The monoisotopic (exact) mass is 517 g/mol. The summed E-state index contributed by atoms with van der Waals surface area (Å²) in [6.45, 7) is 2.71. The van der Waals surface area contributed by atoms with Crippen LogP contribution < -0.4 is 9.64 Å². The quantitative estimate of drug-likeness (QED) is 0.337. The standard InChI is InChI=1S/C29H27N9O/c1-35-14-22(13-33-35)20-7-27(29-21(10-30)12-34-38(29)15-20)19-3-4-28(32-11-19)36-17-24-9-25(18-36)37(24)16-23-8-26(39-2)5-6-31-23/h3-8,11-15,24-25H,9,16-18H2,1-2H3. The number of piperidine rings is 1. The maximum Gasteiger partial charge on any atom is 0.128 e. The average Bonchev–Trinajstić information content (AvgIpc) is 3.61. The van der Waals surface area contributed by atoms with E-state index in [0.29, 0.717) is 17.6 Å². The fraction of sp³-hybridized carbons (Fsp3) is 0.276. The molecule has 2 atom stereocenters. The lowest BCUT2D eigenvalue weighted by molar-refractivity contribution is -0.00972. The molecule has 2 bridgehead atoms. The lowest BCUT2D eigenvalue weighted by atomic mass is 9.87. The SMILES string of the molecule is COc1ccnc(CN2C3CC2CN(c2ccc(-c4cc(-c5cnn(C)c5)cn5ncc(C#N)c45)cn2)C3)c1. The van der Waals surface area contributed by atoms with Gasteiger partial charge in [0.25, 0.3) is 0 Å². The van der Waals surface area contributed by atoms with Gasteiger partial charge in [-0.1, -0.05) is 0 Å². The van der Waals surface area contributed by atoms with E-state index in [-0.39, 0.29) is 0 Å². The molecule has 39 heavy (non-hydrogen) atoms. The van der Waals surface area contributed by atoms with E-state index in [0.717, 1.165) is 64.7 Å². The van der Waals surface area contributed by atoms with Crippen LogP contribution in [0.15, 0.2) is 67.5 Å². The van der Waals surface area contributed by atoms with Crippen LogP contribution in [0.4, 0.5) is 5.82 Å². The van der Waals surface area contributed by atoms with Crippen molar-refractivity contribution in [3.63, 3.8) is 0 Å². The normalized spacial score (nSPS) is 18.6. The molecule has 10 nitrogen and oxygen atoms in total. The Balaban J connectivity index is 1.13. The van der Waals surface area contributed by atoms with Crippen LogP contribution in [0.25, 0.3) is 27.8 Å². The van der Waals surface area contributed by atoms with Crippen molar-refractivity contribution in [3.8, 4) is 34.1 Å². The van der Waals surface area contributed by atoms with Crippen molar-refractivity contribution in [3.05, 3.63) is 78.8 Å². The van der Waals surface area contributed by atoms with Gasteiger partial charge in [-0.05, 0) is 30.7 Å². The highest BCUT2D eigenvalue weighted by Gasteiger charge is 2.44. The van der Waals surface area contributed by atoms with Gasteiger partial charge in [-0.25, -0.2) is 9.50 Å². The summed E-state index contributed by atoms with van der Waals surface area (Å²) in [6, 6.07) is 13.4. The number of nitriles is 1. The number of nitrogens with zero attached hydrogens (tertiary/aromatic N) is 9. The Morgan fingerprint density at radius 3 is 2.56 bits per heavy atom. The zero-order chi connectivity index (χ0) is 26.5. The molecule has 10 heteroatoms. The van der Waals surface area contributed by atoms with Crippen LogP contribution in [0.2, 0.25) is 0 Å². The smallest absolute Gasteiger partial charge is 0.128 e. The lowest BCUT2D eigenvalue weighted by Crippen LogP contribution is -2.68. The lowest BCUT2D eigenvalue weighted by Gasteiger charge is -2.56. The first-order chi connectivity index (χ1) is 19.1. The molecule has 3 aliphatic heterocycles. The first kappa shape index (κ1) is 23.4. The molecule has 0 radical (unpaired) electrons. The van der Waals surface area contributed by atoms with E-state index in [1.54, 1.807) is 22.5 Å². The molecule has 2 unspecified atom stereocenters. The third-order valence-electron chi connectivity index (χ3n) is 7.87. The zero-order valence-electron chi connectivity index (χ0n) is 21.8. The molecule has 5 aromatic heterocycles. The second kappa shape index (κ2) is 9.22. The van der Waals surface area contributed by atoms with Crippen LogP contribution in [0.5, 0.6) is 5.75 Å². The van der Waals surface area contributed by atoms with Crippen LogP contribution in [0.3, 0.4) is 0 Å².